The highest BCUT2D eigenvalue weighted by molar-refractivity contribution is 6.13. The first-order chi connectivity index (χ1) is 19.7. The topological polar surface area (TPSA) is 62.8 Å². The van der Waals surface area contributed by atoms with Gasteiger partial charge in [0, 0.05) is 22.9 Å². The van der Waals surface area contributed by atoms with Crippen molar-refractivity contribution in [2.24, 2.45) is 15.7 Å². The van der Waals surface area contributed by atoms with Gasteiger partial charge >= 0.3 is 0 Å². The van der Waals surface area contributed by atoms with Gasteiger partial charge in [0.15, 0.2) is 5.84 Å². The Morgan fingerprint density at radius 2 is 1.40 bits per heavy atom. The number of benzene rings is 5. The average molecular weight is 519 g/mol. The highest BCUT2D eigenvalue weighted by Gasteiger charge is 2.23. The maximum absolute atomic E-state index is 5.88. The van der Waals surface area contributed by atoms with E-state index in [0.717, 1.165) is 50.2 Å². The summed E-state index contributed by atoms with van der Waals surface area (Å²) in [4.78, 5) is 10.1. The van der Waals surface area contributed by atoms with Crippen molar-refractivity contribution in [2.75, 3.05) is 0 Å². The Hall–Kier alpha value is -5.22. The second-order valence-electron chi connectivity index (χ2n) is 9.64. The summed E-state index contributed by atoms with van der Waals surface area (Å²) in [7, 11) is 0. The van der Waals surface area contributed by atoms with Crippen LogP contribution in [0.3, 0.4) is 0 Å². The molecule has 0 saturated heterocycles. The van der Waals surface area contributed by atoms with E-state index in [9.17, 15) is 0 Å². The molecule has 4 heteroatoms. The third-order valence-electron chi connectivity index (χ3n) is 7.11. The quantitative estimate of drug-likeness (QED) is 0.225. The van der Waals surface area contributed by atoms with Crippen LogP contribution in [0.25, 0.3) is 27.5 Å². The minimum Gasteiger partial charge on any atom is -0.404 e. The fourth-order valence-corrected chi connectivity index (χ4v) is 5.18. The van der Waals surface area contributed by atoms with E-state index in [-0.39, 0.29) is 6.17 Å². The molecule has 4 nitrogen and oxygen atoms in total. The molecule has 1 heterocycles. The van der Waals surface area contributed by atoms with Gasteiger partial charge in [0.1, 0.15) is 12.0 Å². The Morgan fingerprint density at radius 1 is 0.725 bits per heavy atom. The van der Waals surface area contributed by atoms with E-state index in [4.69, 9.17) is 15.7 Å². The van der Waals surface area contributed by atoms with Crippen LogP contribution in [-0.4, -0.2) is 11.7 Å². The molecule has 1 unspecified atom stereocenters. The molecule has 1 atom stereocenters. The molecule has 0 saturated carbocycles. The maximum Gasteiger partial charge on any atom is 0.159 e. The molecule has 0 aromatic heterocycles. The van der Waals surface area contributed by atoms with Crippen molar-refractivity contribution in [1.29, 1.82) is 0 Å². The molecule has 40 heavy (non-hydrogen) atoms. The van der Waals surface area contributed by atoms with Gasteiger partial charge in [-0.1, -0.05) is 133 Å². The number of rotatable bonds is 6. The van der Waals surface area contributed by atoms with Crippen molar-refractivity contribution in [3.8, 4) is 11.1 Å². The van der Waals surface area contributed by atoms with Crippen molar-refractivity contribution in [3.63, 3.8) is 0 Å². The van der Waals surface area contributed by atoms with E-state index in [2.05, 4.69) is 90.2 Å². The highest BCUT2D eigenvalue weighted by Crippen LogP contribution is 2.36. The zero-order valence-electron chi connectivity index (χ0n) is 22.3. The Kier molecular flexibility index (Phi) is 7.06. The monoisotopic (exact) mass is 518 g/mol. The number of nitrogens with two attached hydrogens (primary N) is 1. The Labute approximate surface area is 234 Å². The minimum absolute atomic E-state index is 0.312. The lowest BCUT2D eigenvalue weighted by Crippen LogP contribution is -2.33. The lowest BCUT2D eigenvalue weighted by atomic mass is 9.92. The van der Waals surface area contributed by atoms with Gasteiger partial charge in [-0.2, -0.15) is 0 Å². The first-order valence-corrected chi connectivity index (χ1v) is 13.5. The Morgan fingerprint density at radius 3 is 2.08 bits per heavy atom. The molecule has 5 aromatic rings. The molecule has 0 bridgehead atoms. The van der Waals surface area contributed by atoms with E-state index >= 15 is 0 Å². The third kappa shape index (κ3) is 4.95. The lowest BCUT2D eigenvalue weighted by Gasteiger charge is -2.25. The van der Waals surface area contributed by atoms with Crippen LogP contribution in [0.5, 0.6) is 0 Å². The van der Waals surface area contributed by atoms with E-state index in [1.807, 2.05) is 55.5 Å². The molecule has 0 radical (unpaired) electrons. The predicted octanol–water partition coefficient (Wildman–Crippen LogP) is 7.88. The van der Waals surface area contributed by atoms with Gasteiger partial charge in [-0.05, 0) is 40.0 Å². The lowest BCUT2D eigenvalue weighted by molar-refractivity contribution is 0.680. The van der Waals surface area contributed by atoms with Crippen LogP contribution in [0.2, 0.25) is 0 Å². The molecule has 0 aliphatic carbocycles. The van der Waals surface area contributed by atoms with Crippen molar-refractivity contribution in [3.05, 3.63) is 162 Å². The summed E-state index contributed by atoms with van der Waals surface area (Å²) in [6.45, 7) is 1.99. The van der Waals surface area contributed by atoms with E-state index in [0.29, 0.717) is 5.84 Å². The van der Waals surface area contributed by atoms with Crippen molar-refractivity contribution < 1.29 is 0 Å². The number of nitrogens with zero attached hydrogens (tertiary/aromatic N) is 2. The predicted molar refractivity (Wildman–Crippen MR) is 168 cm³/mol. The summed E-state index contributed by atoms with van der Waals surface area (Å²) in [6.07, 6.45) is 5.36. The van der Waals surface area contributed by atoms with Gasteiger partial charge in [0.2, 0.25) is 0 Å². The normalized spacial score (nSPS) is 15.5. The maximum atomic E-state index is 5.88. The van der Waals surface area contributed by atoms with Crippen LogP contribution in [-0.2, 0) is 0 Å². The summed E-state index contributed by atoms with van der Waals surface area (Å²) in [5, 5.41) is 5.97. The first-order valence-electron chi connectivity index (χ1n) is 13.5. The molecule has 194 valence electrons. The van der Waals surface area contributed by atoms with Crippen molar-refractivity contribution in [1.82, 2.24) is 5.32 Å². The largest absolute Gasteiger partial charge is 0.404 e. The van der Waals surface area contributed by atoms with Gasteiger partial charge in [0.25, 0.3) is 0 Å². The van der Waals surface area contributed by atoms with Crippen LogP contribution in [0, 0.1) is 0 Å². The molecule has 1 aliphatic heterocycles. The minimum atomic E-state index is -0.312. The van der Waals surface area contributed by atoms with Gasteiger partial charge in [-0.3, -0.25) is 0 Å². The highest BCUT2D eigenvalue weighted by atomic mass is 15.2. The van der Waals surface area contributed by atoms with Crippen LogP contribution in [0.15, 0.2) is 150 Å². The number of nitrogens with one attached hydrogen (secondary N) is 1. The second kappa shape index (κ2) is 11.3. The molecular formula is C36H30N4. The Bertz CT molecular complexity index is 1760. The molecule has 1 aliphatic rings. The van der Waals surface area contributed by atoms with Crippen molar-refractivity contribution >= 4 is 28.0 Å². The molecule has 0 spiro atoms. The zero-order chi connectivity index (χ0) is 27.3. The van der Waals surface area contributed by atoms with Crippen LogP contribution < -0.4 is 11.1 Å². The van der Waals surface area contributed by atoms with Gasteiger partial charge in [-0.25, -0.2) is 9.98 Å². The smallest absolute Gasteiger partial charge is 0.159 e. The number of allylic oxidation sites excluding steroid dienone is 3. The average Bonchev–Trinajstić information content (AvgIpc) is 3.04. The number of fused-ring (bicyclic) bond motifs is 1. The third-order valence-corrected chi connectivity index (χ3v) is 7.11. The summed E-state index contributed by atoms with van der Waals surface area (Å²) in [5.41, 5.74) is 13.4. The standard InChI is InChI=1S/C36H30N4/c1-2-11-30(24-37)25-20-22-26(23-21-25)31-18-9-16-27-17-10-19-32(33(27)31)36-39-34(28-12-5-3-6-13-28)38-35(40-36)29-14-7-4-8-15-29/h2-24,36H,37H2,1H3,(H,38,39,40)/b11-2-,30-24+. The number of amidine groups is 2. The van der Waals surface area contributed by atoms with Crippen molar-refractivity contribution in [2.45, 2.75) is 13.1 Å². The van der Waals surface area contributed by atoms with Gasteiger partial charge in [-0.15, -0.1) is 0 Å². The van der Waals surface area contributed by atoms with E-state index in [1.165, 1.54) is 5.39 Å². The summed E-state index contributed by atoms with van der Waals surface area (Å²) in [5.74, 6) is 1.52. The fourth-order valence-electron chi connectivity index (χ4n) is 5.18. The molecule has 0 amide bonds. The van der Waals surface area contributed by atoms with Crippen LogP contribution in [0.1, 0.15) is 35.3 Å². The fraction of sp³-hybridized carbons (Fsp3) is 0.0556. The Balaban J connectivity index is 1.48. The summed E-state index contributed by atoms with van der Waals surface area (Å²) in [6, 6.07) is 41.9. The first kappa shape index (κ1) is 25.1. The van der Waals surface area contributed by atoms with Gasteiger partial charge in [0.05, 0.1) is 0 Å². The van der Waals surface area contributed by atoms with E-state index < -0.39 is 0 Å². The number of aliphatic imine (C=N–C) groups is 2. The zero-order valence-corrected chi connectivity index (χ0v) is 22.3. The molecule has 0 fully saturated rings. The molecular weight excluding hydrogens is 488 g/mol. The number of hydrogen-bond acceptors (Lipinski definition) is 4. The second-order valence-corrected chi connectivity index (χ2v) is 9.64. The van der Waals surface area contributed by atoms with Crippen LogP contribution >= 0.6 is 0 Å². The van der Waals surface area contributed by atoms with Gasteiger partial charge < -0.3 is 11.1 Å². The van der Waals surface area contributed by atoms with Crippen LogP contribution in [0.4, 0.5) is 0 Å². The molecule has 3 N–H and O–H groups in total. The summed E-state index contributed by atoms with van der Waals surface area (Å²) >= 11 is 0. The molecule has 6 rings (SSSR count). The van der Waals surface area contributed by atoms with E-state index in [1.54, 1.807) is 6.20 Å². The summed E-state index contributed by atoms with van der Waals surface area (Å²) < 4.78 is 0. The SMILES string of the molecule is C/C=C\C(=C/N)c1ccc(-c2cccc3cccc(C4N=C(c5ccccc5)N=C(c5ccccc5)N4)c23)cc1. The number of hydrogen-bond donors (Lipinski definition) is 2. The molecule has 5 aromatic carbocycles.